The van der Waals surface area contributed by atoms with Gasteiger partial charge in [0.25, 0.3) is 0 Å². The highest BCUT2D eigenvalue weighted by Gasteiger charge is 2.50. The third kappa shape index (κ3) is 3.80. The average Bonchev–Trinajstić information content (AvgIpc) is 3.47. The van der Waals surface area contributed by atoms with Crippen LogP contribution in [0.3, 0.4) is 0 Å². The predicted octanol–water partition coefficient (Wildman–Crippen LogP) is 3.62. The summed E-state index contributed by atoms with van der Waals surface area (Å²) < 4.78 is 5.43. The lowest BCUT2D eigenvalue weighted by atomic mass is 10.0. The molecule has 9 nitrogen and oxygen atoms in total. The van der Waals surface area contributed by atoms with Crippen molar-refractivity contribution in [1.29, 1.82) is 0 Å². The smallest absolute Gasteiger partial charge is 0.408 e. The summed E-state index contributed by atoms with van der Waals surface area (Å²) >= 11 is 0. The largest absolute Gasteiger partial charge is 0.465 e. The third-order valence-corrected chi connectivity index (χ3v) is 6.67. The second-order valence-electron chi connectivity index (χ2n) is 9.20. The van der Waals surface area contributed by atoms with Crippen LogP contribution in [0.1, 0.15) is 81.0 Å². The summed E-state index contributed by atoms with van der Waals surface area (Å²) in [5.41, 5.74) is 1.38. The van der Waals surface area contributed by atoms with Gasteiger partial charge >= 0.3 is 6.09 Å². The Balaban J connectivity index is 1.17. The van der Waals surface area contributed by atoms with Crippen LogP contribution >= 0.6 is 0 Å². The Hall–Kier alpha value is -2.84. The maximum absolute atomic E-state index is 12.3. The lowest BCUT2D eigenvalue weighted by Gasteiger charge is -2.32. The molecule has 2 aromatic rings. The van der Waals surface area contributed by atoms with Crippen LogP contribution in [0, 0.1) is 0 Å². The van der Waals surface area contributed by atoms with E-state index in [2.05, 4.69) is 20.5 Å². The van der Waals surface area contributed by atoms with E-state index in [-0.39, 0.29) is 29.8 Å². The molecule has 2 atom stereocenters. The molecule has 3 saturated carbocycles. The fraction of sp³-hybridized carbons (Fsp3) is 0.619. The van der Waals surface area contributed by atoms with E-state index in [0.717, 1.165) is 56.5 Å². The second-order valence-corrected chi connectivity index (χ2v) is 9.20. The van der Waals surface area contributed by atoms with Gasteiger partial charge in [-0.1, -0.05) is 0 Å². The summed E-state index contributed by atoms with van der Waals surface area (Å²) in [5, 5.41) is 19.7. The fourth-order valence-electron chi connectivity index (χ4n) is 4.61. The molecule has 30 heavy (non-hydrogen) atoms. The van der Waals surface area contributed by atoms with Crippen LogP contribution in [0.25, 0.3) is 0 Å². The van der Waals surface area contributed by atoms with Crippen LogP contribution in [-0.2, 0) is 11.2 Å². The van der Waals surface area contributed by atoms with Gasteiger partial charge in [-0.25, -0.2) is 9.78 Å². The van der Waals surface area contributed by atoms with E-state index in [9.17, 15) is 14.7 Å². The zero-order valence-electron chi connectivity index (χ0n) is 17.1. The summed E-state index contributed by atoms with van der Waals surface area (Å²) in [6.45, 7) is 2.03. The second kappa shape index (κ2) is 7.14. The standard InChI is InChI=1S/C21H27N5O4/c1-21(6-7-21)26(20(28)29)15-5-4-13(8-15)16-10-17(25-24-16)23-18(27)9-14-11-30-19(22-14)12-2-3-12/h10-13,15H,2-9H2,1H3,(H,28,29)(H2,23,24,25,27). The van der Waals surface area contributed by atoms with Crippen molar-refractivity contribution in [3.63, 3.8) is 0 Å². The minimum Gasteiger partial charge on any atom is -0.465 e. The van der Waals surface area contributed by atoms with E-state index in [0.29, 0.717) is 17.4 Å². The monoisotopic (exact) mass is 413 g/mol. The summed E-state index contributed by atoms with van der Waals surface area (Å²) in [7, 11) is 0. The molecule has 0 saturated heterocycles. The maximum Gasteiger partial charge on any atom is 0.408 e. The van der Waals surface area contributed by atoms with Gasteiger partial charge in [-0.05, 0) is 51.9 Å². The number of carboxylic acid groups (broad SMARTS) is 1. The molecule has 5 rings (SSSR count). The van der Waals surface area contributed by atoms with Gasteiger partial charge in [0.2, 0.25) is 5.91 Å². The molecule has 3 aliphatic rings. The van der Waals surface area contributed by atoms with Crippen LogP contribution < -0.4 is 5.32 Å². The zero-order valence-corrected chi connectivity index (χ0v) is 17.1. The SMILES string of the molecule is CC1(N(C(=O)O)C2CCC(c3cc(NC(=O)Cc4coc(C5CC5)n4)n[nH]3)C2)CC1. The summed E-state index contributed by atoms with van der Waals surface area (Å²) in [6.07, 6.45) is 7.50. The van der Waals surface area contributed by atoms with E-state index in [4.69, 9.17) is 4.42 Å². The molecule has 2 amide bonds. The first-order chi connectivity index (χ1) is 14.4. The van der Waals surface area contributed by atoms with Gasteiger partial charge in [-0.3, -0.25) is 14.8 Å². The normalized spacial score (nSPS) is 24.6. The molecule has 3 N–H and O–H groups in total. The Morgan fingerprint density at radius 3 is 2.77 bits per heavy atom. The van der Waals surface area contributed by atoms with E-state index in [1.807, 2.05) is 13.0 Å². The third-order valence-electron chi connectivity index (χ3n) is 6.67. The number of carbonyl (C=O) groups excluding carboxylic acids is 1. The van der Waals surface area contributed by atoms with Gasteiger partial charge in [0, 0.05) is 35.2 Å². The molecule has 2 unspecified atom stereocenters. The molecule has 2 aromatic heterocycles. The van der Waals surface area contributed by atoms with E-state index in [1.54, 1.807) is 11.2 Å². The maximum atomic E-state index is 12.3. The number of anilines is 1. The van der Waals surface area contributed by atoms with Crippen molar-refractivity contribution in [1.82, 2.24) is 20.1 Å². The Kier molecular flexibility index (Phi) is 4.56. The molecule has 0 spiro atoms. The summed E-state index contributed by atoms with van der Waals surface area (Å²) in [4.78, 5) is 30.1. The van der Waals surface area contributed by atoms with Crippen LogP contribution in [0.4, 0.5) is 10.6 Å². The first-order valence-electron chi connectivity index (χ1n) is 10.7. The molecule has 3 aliphatic carbocycles. The first kappa shape index (κ1) is 19.1. The number of rotatable bonds is 7. The van der Waals surface area contributed by atoms with Gasteiger partial charge in [0.05, 0.1) is 12.1 Å². The summed E-state index contributed by atoms with van der Waals surface area (Å²) in [5.74, 6) is 1.66. The van der Waals surface area contributed by atoms with Crippen molar-refractivity contribution in [3.05, 3.63) is 29.6 Å². The molecule has 160 valence electrons. The fourth-order valence-corrected chi connectivity index (χ4v) is 4.61. The van der Waals surface area contributed by atoms with Crippen LogP contribution in [0.15, 0.2) is 16.7 Å². The van der Waals surface area contributed by atoms with Crippen molar-refractivity contribution in [3.8, 4) is 0 Å². The Morgan fingerprint density at radius 2 is 2.07 bits per heavy atom. The molecule has 9 heteroatoms. The van der Waals surface area contributed by atoms with Crippen molar-refractivity contribution in [2.75, 3.05) is 5.32 Å². The molecule has 0 bridgehead atoms. The van der Waals surface area contributed by atoms with Crippen molar-refractivity contribution in [2.45, 2.75) is 81.7 Å². The lowest BCUT2D eigenvalue weighted by molar-refractivity contribution is -0.115. The molecule has 2 heterocycles. The van der Waals surface area contributed by atoms with Crippen molar-refractivity contribution >= 4 is 17.8 Å². The van der Waals surface area contributed by atoms with Crippen LogP contribution in [0.5, 0.6) is 0 Å². The minimum absolute atomic E-state index is 0.0363. The average molecular weight is 413 g/mol. The first-order valence-corrected chi connectivity index (χ1v) is 10.7. The molecular formula is C21H27N5O4. The van der Waals surface area contributed by atoms with Gasteiger partial charge in [-0.2, -0.15) is 5.10 Å². The van der Waals surface area contributed by atoms with Gasteiger partial charge in [-0.15, -0.1) is 0 Å². The number of nitrogens with zero attached hydrogens (tertiary/aromatic N) is 3. The van der Waals surface area contributed by atoms with Crippen molar-refractivity contribution < 1.29 is 19.1 Å². The zero-order chi connectivity index (χ0) is 20.9. The van der Waals surface area contributed by atoms with Gasteiger partial charge in [0.1, 0.15) is 6.26 Å². The Labute approximate surface area is 174 Å². The summed E-state index contributed by atoms with van der Waals surface area (Å²) in [6, 6.07) is 1.89. The molecule has 0 radical (unpaired) electrons. The molecule has 0 aromatic carbocycles. The molecular weight excluding hydrogens is 386 g/mol. The predicted molar refractivity (Wildman–Crippen MR) is 107 cm³/mol. The number of aromatic amines is 1. The van der Waals surface area contributed by atoms with Crippen LogP contribution in [-0.4, -0.2) is 48.8 Å². The number of oxazole rings is 1. The van der Waals surface area contributed by atoms with Gasteiger partial charge < -0.3 is 14.8 Å². The topological polar surface area (TPSA) is 124 Å². The number of aromatic nitrogens is 3. The van der Waals surface area contributed by atoms with Crippen molar-refractivity contribution in [2.24, 2.45) is 0 Å². The van der Waals surface area contributed by atoms with E-state index in [1.165, 1.54) is 0 Å². The highest BCUT2D eigenvalue weighted by molar-refractivity contribution is 5.91. The lowest BCUT2D eigenvalue weighted by Crippen LogP contribution is -2.45. The Morgan fingerprint density at radius 1 is 1.30 bits per heavy atom. The molecule has 0 aliphatic heterocycles. The van der Waals surface area contributed by atoms with E-state index < -0.39 is 6.09 Å². The van der Waals surface area contributed by atoms with E-state index >= 15 is 0 Å². The number of amides is 2. The van der Waals surface area contributed by atoms with Crippen LogP contribution in [0.2, 0.25) is 0 Å². The number of hydrogen-bond acceptors (Lipinski definition) is 5. The highest BCUT2D eigenvalue weighted by atomic mass is 16.4. The van der Waals surface area contributed by atoms with Gasteiger partial charge in [0.15, 0.2) is 11.7 Å². The highest BCUT2D eigenvalue weighted by Crippen LogP contribution is 2.47. The number of H-pyrrole nitrogens is 1. The quantitative estimate of drug-likeness (QED) is 0.637. The molecule has 3 fully saturated rings. The number of carbonyl (C=O) groups is 2. The minimum atomic E-state index is -0.823. The Bertz CT molecular complexity index is 958. The number of hydrogen-bond donors (Lipinski definition) is 3. The number of nitrogens with one attached hydrogen (secondary N) is 2.